The second-order valence-electron chi connectivity index (χ2n) is 4.34. The first-order valence-electron chi connectivity index (χ1n) is 5.15. The number of piperidine rings is 1. The molecule has 2 saturated heterocycles. The Bertz CT molecular complexity index is 304. The molecular weight excluding hydrogens is 198 g/mol. The molecule has 84 valence electrons. The van der Waals surface area contributed by atoms with E-state index in [1.54, 1.807) is 0 Å². The SMILES string of the molecule is COC(=O)C1(C(=O)O)CN2CCCC1C2. The van der Waals surface area contributed by atoms with E-state index in [1.807, 2.05) is 4.90 Å². The van der Waals surface area contributed by atoms with Crippen molar-refractivity contribution in [3.05, 3.63) is 0 Å². The van der Waals surface area contributed by atoms with Gasteiger partial charge < -0.3 is 14.7 Å². The zero-order valence-electron chi connectivity index (χ0n) is 8.73. The molecule has 0 saturated carbocycles. The quantitative estimate of drug-likeness (QED) is 0.515. The van der Waals surface area contributed by atoms with Gasteiger partial charge in [-0.2, -0.15) is 0 Å². The van der Waals surface area contributed by atoms with Crippen LogP contribution in [0.25, 0.3) is 0 Å². The van der Waals surface area contributed by atoms with Gasteiger partial charge in [-0.3, -0.25) is 9.59 Å². The Morgan fingerprint density at radius 3 is 2.80 bits per heavy atom. The average molecular weight is 213 g/mol. The van der Waals surface area contributed by atoms with Crippen LogP contribution in [-0.4, -0.2) is 48.7 Å². The predicted molar refractivity (Wildman–Crippen MR) is 51.2 cm³/mol. The smallest absolute Gasteiger partial charge is 0.324 e. The van der Waals surface area contributed by atoms with Crippen LogP contribution in [0.2, 0.25) is 0 Å². The second kappa shape index (κ2) is 3.48. The van der Waals surface area contributed by atoms with Crippen molar-refractivity contribution in [2.75, 3.05) is 26.7 Å². The Morgan fingerprint density at radius 1 is 1.53 bits per heavy atom. The minimum absolute atomic E-state index is 0.0869. The number of ether oxygens (including phenoxy) is 1. The van der Waals surface area contributed by atoms with Gasteiger partial charge in [0, 0.05) is 13.1 Å². The molecule has 1 N–H and O–H groups in total. The molecule has 0 aliphatic carbocycles. The summed E-state index contributed by atoms with van der Waals surface area (Å²) in [5.41, 5.74) is -1.31. The number of carbonyl (C=O) groups is 2. The molecule has 2 heterocycles. The first-order valence-corrected chi connectivity index (χ1v) is 5.15. The molecule has 2 fully saturated rings. The lowest BCUT2D eigenvalue weighted by Gasteiger charge is -2.26. The van der Waals surface area contributed by atoms with Crippen molar-refractivity contribution in [1.29, 1.82) is 0 Å². The van der Waals surface area contributed by atoms with E-state index in [4.69, 9.17) is 0 Å². The van der Waals surface area contributed by atoms with Gasteiger partial charge in [0.15, 0.2) is 5.41 Å². The van der Waals surface area contributed by atoms with Crippen LogP contribution >= 0.6 is 0 Å². The number of rotatable bonds is 2. The molecule has 2 aliphatic rings. The molecule has 2 bridgehead atoms. The summed E-state index contributed by atoms with van der Waals surface area (Å²) < 4.78 is 4.66. The molecule has 0 aromatic heterocycles. The van der Waals surface area contributed by atoms with Crippen LogP contribution in [0, 0.1) is 11.3 Å². The van der Waals surface area contributed by atoms with Crippen LogP contribution in [0.4, 0.5) is 0 Å². The molecule has 15 heavy (non-hydrogen) atoms. The van der Waals surface area contributed by atoms with Crippen LogP contribution < -0.4 is 0 Å². The number of carboxylic acid groups (broad SMARTS) is 1. The Morgan fingerprint density at radius 2 is 2.27 bits per heavy atom. The number of aliphatic carboxylic acids is 1. The van der Waals surface area contributed by atoms with Crippen LogP contribution in [0.15, 0.2) is 0 Å². The normalized spacial score (nSPS) is 38.7. The summed E-state index contributed by atoms with van der Waals surface area (Å²) >= 11 is 0. The third-order valence-electron chi connectivity index (χ3n) is 3.61. The lowest BCUT2D eigenvalue weighted by molar-refractivity contribution is -0.168. The van der Waals surface area contributed by atoms with E-state index >= 15 is 0 Å². The summed E-state index contributed by atoms with van der Waals surface area (Å²) in [4.78, 5) is 25.1. The molecule has 0 aromatic rings. The molecule has 5 nitrogen and oxygen atoms in total. The summed E-state index contributed by atoms with van der Waals surface area (Å²) in [6.45, 7) is 1.91. The van der Waals surface area contributed by atoms with Crippen molar-refractivity contribution in [3.63, 3.8) is 0 Å². The van der Waals surface area contributed by atoms with Crippen molar-refractivity contribution in [2.45, 2.75) is 12.8 Å². The third kappa shape index (κ3) is 1.33. The van der Waals surface area contributed by atoms with Gasteiger partial charge in [-0.05, 0) is 25.3 Å². The van der Waals surface area contributed by atoms with E-state index in [2.05, 4.69) is 4.74 Å². The number of hydrogen-bond donors (Lipinski definition) is 1. The van der Waals surface area contributed by atoms with E-state index < -0.39 is 17.4 Å². The van der Waals surface area contributed by atoms with Crippen LogP contribution in [0.5, 0.6) is 0 Å². The highest BCUT2D eigenvalue weighted by molar-refractivity contribution is 6.00. The predicted octanol–water partition coefficient (Wildman–Crippen LogP) is -0.0440. The molecule has 5 heteroatoms. The van der Waals surface area contributed by atoms with Gasteiger partial charge in [-0.15, -0.1) is 0 Å². The van der Waals surface area contributed by atoms with Gasteiger partial charge in [0.2, 0.25) is 0 Å². The maximum atomic E-state index is 11.7. The molecule has 0 aromatic carbocycles. The topological polar surface area (TPSA) is 66.8 Å². The molecule has 0 radical (unpaired) electrons. The number of fused-ring (bicyclic) bond motifs is 2. The Labute approximate surface area is 88.0 Å². The second-order valence-corrected chi connectivity index (χ2v) is 4.34. The number of nitrogens with zero attached hydrogens (tertiary/aromatic N) is 1. The number of esters is 1. The van der Waals surface area contributed by atoms with Crippen LogP contribution in [-0.2, 0) is 14.3 Å². The standard InChI is InChI=1S/C10H15NO4/c1-15-9(14)10(8(12)13)6-11-4-2-3-7(10)5-11/h7H,2-6H2,1H3,(H,12,13). The highest BCUT2D eigenvalue weighted by atomic mass is 16.5. The Balaban J connectivity index is 2.35. The number of carboxylic acids is 1. The zero-order valence-corrected chi connectivity index (χ0v) is 8.73. The van der Waals surface area contributed by atoms with Crippen molar-refractivity contribution in [2.24, 2.45) is 11.3 Å². The summed E-state index contributed by atoms with van der Waals surface area (Å²) in [6, 6.07) is 0. The van der Waals surface area contributed by atoms with E-state index in [-0.39, 0.29) is 5.92 Å². The first kappa shape index (κ1) is 10.4. The van der Waals surface area contributed by atoms with Crippen molar-refractivity contribution in [3.8, 4) is 0 Å². The largest absolute Gasteiger partial charge is 0.480 e. The van der Waals surface area contributed by atoms with Crippen molar-refractivity contribution in [1.82, 2.24) is 4.90 Å². The van der Waals surface area contributed by atoms with Crippen LogP contribution in [0.1, 0.15) is 12.8 Å². The Kier molecular flexibility index (Phi) is 2.42. The maximum Gasteiger partial charge on any atom is 0.324 e. The number of hydrogen-bond acceptors (Lipinski definition) is 4. The van der Waals surface area contributed by atoms with E-state index in [0.29, 0.717) is 13.1 Å². The average Bonchev–Trinajstić information content (AvgIpc) is 2.50. The minimum atomic E-state index is -1.31. The fraction of sp³-hybridized carbons (Fsp3) is 0.800. The van der Waals surface area contributed by atoms with Gasteiger partial charge >= 0.3 is 11.9 Å². The molecule has 2 rings (SSSR count). The highest BCUT2D eigenvalue weighted by Crippen LogP contribution is 2.43. The zero-order chi connectivity index (χ0) is 11.1. The van der Waals surface area contributed by atoms with Crippen LogP contribution in [0.3, 0.4) is 0 Å². The van der Waals surface area contributed by atoms with E-state index in [9.17, 15) is 14.7 Å². The van der Waals surface area contributed by atoms with Gasteiger partial charge in [0.05, 0.1) is 7.11 Å². The first-order chi connectivity index (χ1) is 7.11. The van der Waals surface area contributed by atoms with Gasteiger partial charge in [-0.1, -0.05) is 0 Å². The molecule has 3 unspecified atom stereocenters. The fourth-order valence-corrected chi connectivity index (χ4v) is 2.83. The molecule has 0 spiro atoms. The monoisotopic (exact) mass is 213 g/mol. The summed E-state index contributed by atoms with van der Waals surface area (Å²) in [5, 5.41) is 9.28. The molecule has 2 aliphatic heterocycles. The van der Waals surface area contributed by atoms with Gasteiger partial charge in [-0.25, -0.2) is 0 Å². The van der Waals surface area contributed by atoms with E-state index in [1.165, 1.54) is 7.11 Å². The summed E-state index contributed by atoms with van der Waals surface area (Å²) in [7, 11) is 1.25. The summed E-state index contributed by atoms with van der Waals surface area (Å²) in [5.74, 6) is -1.72. The molecule has 0 amide bonds. The Hall–Kier alpha value is -1.10. The van der Waals surface area contributed by atoms with E-state index in [0.717, 1.165) is 19.4 Å². The number of carbonyl (C=O) groups excluding carboxylic acids is 1. The molecular formula is C10H15NO4. The highest BCUT2D eigenvalue weighted by Gasteiger charge is 2.59. The fourth-order valence-electron chi connectivity index (χ4n) is 2.83. The number of methoxy groups -OCH3 is 1. The maximum absolute atomic E-state index is 11.7. The summed E-state index contributed by atoms with van der Waals surface area (Å²) in [6.07, 6.45) is 1.77. The molecule has 3 atom stereocenters. The minimum Gasteiger partial charge on any atom is -0.480 e. The lowest BCUT2D eigenvalue weighted by atomic mass is 9.76. The van der Waals surface area contributed by atoms with Crippen molar-refractivity contribution < 1.29 is 19.4 Å². The lowest BCUT2D eigenvalue weighted by Crippen LogP contribution is -2.46. The van der Waals surface area contributed by atoms with Gasteiger partial charge in [0.25, 0.3) is 0 Å². The van der Waals surface area contributed by atoms with Crippen molar-refractivity contribution >= 4 is 11.9 Å². The third-order valence-corrected chi connectivity index (χ3v) is 3.61. The van der Waals surface area contributed by atoms with Gasteiger partial charge in [0.1, 0.15) is 0 Å².